The first-order valence-electron chi connectivity index (χ1n) is 4.98. The minimum absolute atomic E-state index is 0.0981. The number of aromatic hydroxyl groups is 1. The van der Waals surface area contributed by atoms with Gasteiger partial charge in [0.1, 0.15) is 5.75 Å². The molecule has 0 radical (unpaired) electrons. The molecule has 0 aliphatic rings. The molecule has 2 aromatic rings. The van der Waals surface area contributed by atoms with Crippen LogP contribution in [0.5, 0.6) is 5.75 Å². The van der Waals surface area contributed by atoms with Crippen LogP contribution in [0.4, 0.5) is 5.69 Å². The number of hydrogen-bond donors (Lipinski definition) is 2. The highest BCUT2D eigenvalue weighted by atomic mass is 35.5. The quantitative estimate of drug-likeness (QED) is 0.888. The van der Waals surface area contributed by atoms with Gasteiger partial charge in [0.25, 0.3) is 5.91 Å². The fraction of sp³-hybridized carbons (Fsp3) is 0. The smallest absolute Gasteiger partial charge is 0.259 e. The summed E-state index contributed by atoms with van der Waals surface area (Å²) in [5.74, 6) is -0.719. The lowest BCUT2D eigenvalue weighted by Gasteiger charge is -2.09. The number of carbonyl (C=O) groups excluding carboxylic acids is 1. The van der Waals surface area contributed by atoms with Crippen molar-refractivity contribution in [3.05, 3.63) is 52.3 Å². The second-order valence-electron chi connectivity index (χ2n) is 3.44. The second kappa shape index (κ2) is 5.25. The normalized spacial score (nSPS) is 10.1. The predicted molar refractivity (Wildman–Crippen MR) is 70.3 cm³/mol. The Labute approximate surface area is 113 Å². The highest BCUT2D eigenvalue weighted by Gasteiger charge is 2.14. The van der Waals surface area contributed by atoms with Crippen LogP contribution in [0.15, 0.2) is 36.7 Å². The van der Waals surface area contributed by atoms with Gasteiger partial charge in [0.2, 0.25) is 0 Å². The maximum Gasteiger partial charge on any atom is 0.259 e. The van der Waals surface area contributed by atoms with Crippen LogP contribution in [0.1, 0.15) is 10.4 Å². The molecule has 0 spiro atoms. The summed E-state index contributed by atoms with van der Waals surface area (Å²) in [7, 11) is 0. The van der Waals surface area contributed by atoms with Crippen LogP contribution in [-0.4, -0.2) is 16.0 Å². The van der Waals surface area contributed by atoms with Crippen molar-refractivity contribution in [1.29, 1.82) is 0 Å². The number of hydrogen-bond acceptors (Lipinski definition) is 3. The summed E-state index contributed by atoms with van der Waals surface area (Å²) in [4.78, 5) is 15.6. The number of nitrogens with zero attached hydrogens (tertiary/aromatic N) is 1. The number of para-hydroxylation sites is 1. The van der Waals surface area contributed by atoms with Gasteiger partial charge in [0.15, 0.2) is 0 Å². The predicted octanol–water partition coefficient (Wildman–Crippen LogP) is 3.35. The number of nitrogens with one attached hydrogen (secondary N) is 1. The molecule has 0 saturated heterocycles. The van der Waals surface area contributed by atoms with E-state index in [9.17, 15) is 9.90 Å². The molecule has 0 aliphatic heterocycles. The van der Waals surface area contributed by atoms with Crippen molar-refractivity contribution >= 4 is 34.8 Å². The molecule has 1 heterocycles. The molecular weight excluding hydrogens is 275 g/mol. The Hall–Kier alpha value is -1.78. The topological polar surface area (TPSA) is 62.2 Å². The average Bonchev–Trinajstić information content (AvgIpc) is 2.34. The Morgan fingerprint density at radius 3 is 2.50 bits per heavy atom. The fourth-order valence-electron chi connectivity index (χ4n) is 1.38. The van der Waals surface area contributed by atoms with Crippen LogP contribution >= 0.6 is 23.2 Å². The highest BCUT2D eigenvalue weighted by molar-refractivity contribution is 6.40. The summed E-state index contributed by atoms with van der Waals surface area (Å²) in [5, 5.41) is 12.7. The molecule has 0 unspecified atom stereocenters. The first-order chi connectivity index (χ1) is 8.59. The van der Waals surface area contributed by atoms with Crippen LogP contribution < -0.4 is 5.32 Å². The molecule has 2 N–H and O–H groups in total. The zero-order valence-corrected chi connectivity index (χ0v) is 10.5. The molecule has 0 saturated carbocycles. The Balaban J connectivity index is 2.30. The van der Waals surface area contributed by atoms with Gasteiger partial charge in [-0.05, 0) is 18.2 Å². The minimum Gasteiger partial charge on any atom is -0.505 e. The van der Waals surface area contributed by atoms with E-state index in [0.29, 0.717) is 15.7 Å². The zero-order chi connectivity index (χ0) is 13.1. The SMILES string of the molecule is O=C(Nc1c(Cl)cccc1Cl)c1ccncc1O. The van der Waals surface area contributed by atoms with Crippen LogP contribution in [0.3, 0.4) is 0 Å². The number of halogens is 2. The van der Waals surface area contributed by atoms with Crippen molar-refractivity contribution in [1.82, 2.24) is 4.98 Å². The molecule has 1 aromatic heterocycles. The van der Waals surface area contributed by atoms with Crippen LogP contribution in [0.25, 0.3) is 0 Å². The molecule has 0 atom stereocenters. The summed E-state index contributed by atoms with van der Waals surface area (Å²) in [6, 6.07) is 6.28. The maximum atomic E-state index is 11.9. The zero-order valence-electron chi connectivity index (χ0n) is 9.02. The van der Waals surface area contributed by atoms with Crippen molar-refractivity contribution in [3.63, 3.8) is 0 Å². The fourth-order valence-corrected chi connectivity index (χ4v) is 1.87. The molecule has 18 heavy (non-hydrogen) atoms. The summed E-state index contributed by atoms with van der Waals surface area (Å²) >= 11 is 11.9. The Bertz CT molecular complexity index is 582. The van der Waals surface area contributed by atoms with Crippen molar-refractivity contribution in [2.75, 3.05) is 5.32 Å². The number of amides is 1. The number of benzene rings is 1. The van der Waals surface area contributed by atoms with Crippen LogP contribution in [-0.2, 0) is 0 Å². The third-order valence-corrected chi connectivity index (χ3v) is 2.88. The number of pyridine rings is 1. The molecule has 4 nitrogen and oxygen atoms in total. The van der Waals surface area contributed by atoms with Crippen molar-refractivity contribution in [2.45, 2.75) is 0 Å². The van der Waals surface area contributed by atoms with E-state index in [0.717, 1.165) is 0 Å². The van der Waals surface area contributed by atoms with Crippen molar-refractivity contribution in [3.8, 4) is 5.75 Å². The Morgan fingerprint density at radius 2 is 1.89 bits per heavy atom. The van der Waals surface area contributed by atoms with E-state index in [-0.39, 0.29) is 11.3 Å². The highest BCUT2D eigenvalue weighted by Crippen LogP contribution is 2.30. The monoisotopic (exact) mass is 282 g/mol. The summed E-state index contributed by atoms with van der Waals surface area (Å²) < 4.78 is 0. The summed E-state index contributed by atoms with van der Waals surface area (Å²) in [6.45, 7) is 0. The van der Waals surface area contributed by atoms with E-state index in [4.69, 9.17) is 23.2 Å². The molecule has 0 aliphatic carbocycles. The van der Waals surface area contributed by atoms with Gasteiger partial charge in [-0.1, -0.05) is 29.3 Å². The number of aromatic nitrogens is 1. The third kappa shape index (κ3) is 2.55. The van der Waals surface area contributed by atoms with Gasteiger partial charge in [-0.15, -0.1) is 0 Å². The first kappa shape index (κ1) is 12.7. The number of anilines is 1. The lowest BCUT2D eigenvalue weighted by atomic mass is 10.2. The van der Waals surface area contributed by atoms with Gasteiger partial charge in [0, 0.05) is 6.20 Å². The molecule has 1 aromatic carbocycles. The lowest BCUT2D eigenvalue weighted by Crippen LogP contribution is -2.12. The van der Waals surface area contributed by atoms with E-state index in [1.165, 1.54) is 18.5 Å². The summed E-state index contributed by atoms with van der Waals surface area (Å²) in [6.07, 6.45) is 2.59. The van der Waals surface area contributed by atoms with Crippen molar-refractivity contribution in [2.24, 2.45) is 0 Å². The largest absolute Gasteiger partial charge is 0.505 e. The lowest BCUT2D eigenvalue weighted by molar-refractivity contribution is 0.102. The van der Waals surface area contributed by atoms with Gasteiger partial charge in [0.05, 0.1) is 27.5 Å². The van der Waals surface area contributed by atoms with E-state index in [1.54, 1.807) is 18.2 Å². The molecule has 92 valence electrons. The maximum absolute atomic E-state index is 11.9. The van der Waals surface area contributed by atoms with Gasteiger partial charge in [-0.25, -0.2) is 0 Å². The van der Waals surface area contributed by atoms with E-state index in [2.05, 4.69) is 10.3 Å². The van der Waals surface area contributed by atoms with Gasteiger partial charge >= 0.3 is 0 Å². The minimum atomic E-state index is -0.509. The van der Waals surface area contributed by atoms with E-state index < -0.39 is 5.91 Å². The Morgan fingerprint density at radius 1 is 1.22 bits per heavy atom. The number of carbonyl (C=O) groups is 1. The molecular formula is C12H8Cl2N2O2. The summed E-state index contributed by atoms with van der Waals surface area (Å²) in [5.41, 5.74) is 0.406. The van der Waals surface area contributed by atoms with Crippen molar-refractivity contribution < 1.29 is 9.90 Å². The van der Waals surface area contributed by atoms with Crippen LogP contribution in [0, 0.1) is 0 Å². The van der Waals surface area contributed by atoms with E-state index in [1.807, 2.05) is 0 Å². The number of rotatable bonds is 2. The molecule has 1 amide bonds. The van der Waals surface area contributed by atoms with Crippen LogP contribution in [0.2, 0.25) is 10.0 Å². The van der Waals surface area contributed by atoms with Gasteiger partial charge in [-0.3, -0.25) is 9.78 Å². The molecule has 0 fully saturated rings. The molecule has 2 rings (SSSR count). The second-order valence-corrected chi connectivity index (χ2v) is 4.26. The molecule has 0 bridgehead atoms. The van der Waals surface area contributed by atoms with Gasteiger partial charge in [-0.2, -0.15) is 0 Å². The van der Waals surface area contributed by atoms with Gasteiger partial charge < -0.3 is 10.4 Å². The molecule has 6 heteroatoms. The third-order valence-electron chi connectivity index (χ3n) is 2.25. The first-order valence-corrected chi connectivity index (χ1v) is 5.73. The van der Waals surface area contributed by atoms with E-state index >= 15 is 0 Å². The standard InChI is InChI=1S/C12H8Cl2N2O2/c13-8-2-1-3-9(14)11(8)16-12(18)7-4-5-15-6-10(7)17/h1-6,17H,(H,16,18). The average molecular weight is 283 g/mol. The Kier molecular flexibility index (Phi) is 3.69.